The number of hydrogen-bond donors (Lipinski definition) is 1. The van der Waals surface area contributed by atoms with Gasteiger partial charge in [0, 0.05) is 6.20 Å². The van der Waals surface area contributed by atoms with Crippen molar-refractivity contribution in [2.45, 2.75) is 19.1 Å². The summed E-state index contributed by atoms with van der Waals surface area (Å²) in [4.78, 5) is 0. The second-order valence-electron chi connectivity index (χ2n) is 2.74. The average molecular weight is 194 g/mol. The van der Waals surface area contributed by atoms with Crippen LogP contribution in [0.4, 0.5) is 13.2 Å². The topological polar surface area (TPSA) is 38.0 Å². The third kappa shape index (κ3) is 2.21. The summed E-state index contributed by atoms with van der Waals surface area (Å²) in [7, 11) is 0. The van der Waals surface area contributed by atoms with Crippen molar-refractivity contribution in [1.82, 2.24) is 9.78 Å². The van der Waals surface area contributed by atoms with Crippen LogP contribution in [0.2, 0.25) is 0 Å². The van der Waals surface area contributed by atoms with Crippen molar-refractivity contribution >= 4 is 0 Å². The predicted octanol–water partition coefficient (Wildman–Crippen LogP) is 1.29. The number of hydrogen-bond acceptors (Lipinski definition) is 2. The second kappa shape index (κ2) is 3.37. The third-order valence-electron chi connectivity index (χ3n) is 1.60. The Kier molecular flexibility index (Phi) is 2.60. The first kappa shape index (κ1) is 10.0. The molecule has 3 nitrogen and oxygen atoms in total. The van der Waals surface area contributed by atoms with Crippen LogP contribution in [0.5, 0.6) is 0 Å². The molecule has 0 bridgehead atoms. The number of nitrogens with zero attached hydrogens (tertiary/aromatic N) is 2. The molecule has 6 heteroatoms. The highest BCUT2D eigenvalue weighted by atomic mass is 19.4. The largest absolute Gasteiger partial charge is 0.413 e. The number of aliphatic hydroxyl groups is 1. The third-order valence-corrected chi connectivity index (χ3v) is 1.60. The molecule has 0 aromatic carbocycles. The van der Waals surface area contributed by atoms with Crippen LogP contribution in [0.15, 0.2) is 12.4 Å². The van der Waals surface area contributed by atoms with Crippen LogP contribution in [-0.4, -0.2) is 27.7 Å². The zero-order valence-electron chi connectivity index (χ0n) is 6.91. The first-order valence-corrected chi connectivity index (χ1v) is 3.63. The van der Waals surface area contributed by atoms with Gasteiger partial charge in [-0.3, -0.25) is 4.68 Å². The first-order valence-electron chi connectivity index (χ1n) is 3.63. The Balaban J connectivity index is 2.91. The van der Waals surface area contributed by atoms with Gasteiger partial charge in [0.15, 0.2) is 6.04 Å². The minimum Gasteiger partial charge on any atom is -0.394 e. The van der Waals surface area contributed by atoms with E-state index in [-0.39, 0.29) is 0 Å². The highest BCUT2D eigenvalue weighted by Gasteiger charge is 2.41. The van der Waals surface area contributed by atoms with E-state index in [1.807, 2.05) is 0 Å². The van der Waals surface area contributed by atoms with Crippen molar-refractivity contribution in [3.63, 3.8) is 0 Å². The maximum Gasteiger partial charge on any atom is 0.413 e. The molecule has 0 saturated heterocycles. The molecule has 0 aliphatic carbocycles. The second-order valence-corrected chi connectivity index (χ2v) is 2.74. The van der Waals surface area contributed by atoms with Crippen LogP contribution in [0.1, 0.15) is 11.6 Å². The molecular formula is C7H9F3N2O. The van der Waals surface area contributed by atoms with Crippen LogP contribution in [-0.2, 0) is 0 Å². The first-order chi connectivity index (χ1) is 5.95. The SMILES string of the molecule is Cc1cnn(C(CO)C(F)(F)F)c1. The summed E-state index contributed by atoms with van der Waals surface area (Å²) < 4.78 is 37.3. The van der Waals surface area contributed by atoms with Crippen molar-refractivity contribution in [3.8, 4) is 0 Å². The van der Waals surface area contributed by atoms with Gasteiger partial charge >= 0.3 is 6.18 Å². The molecule has 1 unspecified atom stereocenters. The molecule has 1 N–H and O–H groups in total. The quantitative estimate of drug-likeness (QED) is 0.770. The lowest BCUT2D eigenvalue weighted by molar-refractivity contribution is -0.178. The van der Waals surface area contributed by atoms with Gasteiger partial charge in [0.05, 0.1) is 12.8 Å². The van der Waals surface area contributed by atoms with Crippen molar-refractivity contribution in [1.29, 1.82) is 0 Å². The summed E-state index contributed by atoms with van der Waals surface area (Å²) in [5.41, 5.74) is 0.628. The molecule has 0 radical (unpaired) electrons. The maximum absolute atomic E-state index is 12.2. The molecule has 0 fully saturated rings. The summed E-state index contributed by atoms with van der Waals surface area (Å²) >= 11 is 0. The van der Waals surface area contributed by atoms with E-state index in [4.69, 9.17) is 5.11 Å². The van der Waals surface area contributed by atoms with Crippen LogP contribution >= 0.6 is 0 Å². The van der Waals surface area contributed by atoms with Gasteiger partial charge in [0.1, 0.15) is 0 Å². The predicted molar refractivity (Wildman–Crippen MR) is 39.1 cm³/mol. The van der Waals surface area contributed by atoms with Crippen LogP contribution in [0, 0.1) is 6.92 Å². The summed E-state index contributed by atoms with van der Waals surface area (Å²) in [6, 6.07) is -1.94. The van der Waals surface area contributed by atoms with Gasteiger partial charge < -0.3 is 5.11 Å². The lowest BCUT2D eigenvalue weighted by Crippen LogP contribution is -2.29. The molecule has 0 aliphatic heterocycles. The monoisotopic (exact) mass is 194 g/mol. The van der Waals surface area contributed by atoms with Crippen LogP contribution < -0.4 is 0 Å². The molecule has 1 atom stereocenters. The molecule has 13 heavy (non-hydrogen) atoms. The number of aryl methyl sites for hydroxylation is 1. The Morgan fingerprint density at radius 1 is 1.62 bits per heavy atom. The number of aromatic nitrogens is 2. The molecule has 1 aromatic heterocycles. The molecule has 0 aliphatic rings. The number of rotatable bonds is 2. The maximum atomic E-state index is 12.2. The van der Waals surface area contributed by atoms with Crippen LogP contribution in [0.3, 0.4) is 0 Å². The summed E-state index contributed by atoms with van der Waals surface area (Å²) in [5.74, 6) is 0. The van der Waals surface area contributed by atoms with Crippen molar-refractivity contribution in [2.75, 3.05) is 6.61 Å². The van der Waals surface area contributed by atoms with E-state index < -0.39 is 18.8 Å². The number of halogens is 3. The normalized spacial score (nSPS) is 14.5. The standard InChI is InChI=1S/C7H9F3N2O/c1-5-2-11-12(3-5)6(4-13)7(8,9)10/h2-3,6,13H,4H2,1H3. The van der Waals surface area contributed by atoms with Crippen LogP contribution in [0.25, 0.3) is 0 Å². The highest BCUT2D eigenvalue weighted by Crippen LogP contribution is 2.29. The fourth-order valence-corrected chi connectivity index (χ4v) is 0.941. The van der Waals surface area contributed by atoms with E-state index in [9.17, 15) is 13.2 Å². The van der Waals surface area contributed by atoms with E-state index >= 15 is 0 Å². The van der Waals surface area contributed by atoms with Crippen molar-refractivity contribution < 1.29 is 18.3 Å². The highest BCUT2D eigenvalue weighted by molar-refractivity contribution is 5.01. The van der Waals surface area contributed by atoms with Gasteiger partial charge in [-0.1, -0.05) is 0 Å². The number of aliphatic hydroxyl groups excluding tert-OH is 1. The number of alkyl halides is 3. The van der Waals surface area contributed by atoms with E-state index in [1.54, 1.807) is 6.92 Å². The lowest BCUT2D eigenvalue weighted by Gasteiger charge is -2.17. The van der Waals surface area contributed by atoms with E-state index in [2.05, 4.69) is 5.10 Å². The Morgan fingerprint density at radius 3 is 2.54 bits per heavy atom. The van der Waals surface area contributed by atoms with Gasteiger partial charge in [-0.25, -0.2) is 0 Å². The minimum absolute atomic E-state index is 0.628. The molecule has 74 valence electrons. The average Bonchev–Trinajstić information content (AvgIpc) is 2.34. The minimum atomic E-state index is -4.47. The van der Waals surface area contributed by atoms with E-state index in [0.717, 1.165) is 4.68 Å². The molecule has 1 rings (SSSR count). The van der Waals surface area contributed by atoms with Gasteiger partial charge in [-0.2, -0.15) is 18.3 Å². The zero-order chi connectivity index (χ0) is 10.1. The zero-order valence-corrected chi connectivity index (χ0v) is 6.91. The van der Waals surface area contributed by atoms with E-state index in [0.29, 0.717) is 5.56 Å². The van der Waals surface area contributed by atoms with Gasteiger partial charge in [0.25, 0.3) is 0 Å². The van der Waals surface area contributed by atoms with E-state index in [1.165, 1.54) is 12.4 Å². The molecule has 1 heterocycles. The summed E-state index contributed by atoms with van der Waals surface area (Å²) in [6.07, 6.45) is -1.91. The fraction of sp³-hybridized carbons (Fsp3) is 0.571. The molecule has 1 aromatic rings. The van der Waals surface area contributed by atoms with Crippen molar-refractivity contribution in [3.05, 3.63) is 18.0 Å². The molecule has 0 spiro atoms. The Bertz CT molecular complexity index is 282. The Morgan fingerprint density at radius 2 is 2.23 bits per heavy atom. The summed E-state index contributed by atoms with van der Waals surface area (Å²) in [5, 5.41) is 12.0. The Hall–Kier alpha value is -1.04. The van der Waals surface area contributed by atoms with Gasteiger partial charge in [-0.05, 0) is 12.5 Å². The fourth-order valence-electron chi connectivity index (χ4n) is 0.941. The lowest BCUT2D eigenvalue weighted by atomic mass is 10.3. The van der Waals surface area contributed by atoms with Crippen molar-refractivity contribution in [2.24, 2.45) is 0 Å². The molecule has 0 saturated carbocycles. The smallest absolute Gasteiger partial charge is 0.394 e. The van der Waals surface area contributed by atoms with Gasteiger partial charge in [-0.15, -0.1) is 0 Å². The molecular weight excluding hydrogens is 185 g/mol. The summed E-state index contributed by atoms with van der Waals surface area (Å²) in [6.45, 7) is 0.638. The van der Waals surface area contributed by atoms with Gasteiger partial charge in [0.2, 0.25) is 0 Å². The Labute approximate surface area is 72.8 Å². The molecule has 0 amide bonds.